The number of nitrogens with zero attached hydrogens (tertiary/aromatic N) is 1. The number of amides is 2. The van der Waals surface area contributed by atoms with Crippen molar-refractivity contribution in [2.45, 2.75) is 24.8 Å². The molecule has 126 valence electrons. The normalized spacial score (nSPS) is 13.0. The molecule has 0 aliphatic carbocycles. The Balaban J connectivity index is 2.31. The van der Waals surface area contributed by atoms with Crippen LogP contribution in [0.5, 0.6) is 0 Å². The highest BCUT2D eigenvalue weighted by molar-refractivity contribution is 5.89. The molecule has 6 heteroatoms. The van der Waals surface area contributed by atoms with E-state index in [2.05, 4.69) is 0 Å². The zero-order chi connectivity index (χ0) is 17.6. The summed E-state index contributed by atoms with van der Waals surface area (Å²) in [5.74, 6) is 4.96. The van der Waals surface area contributed by atoms with Crippen molar-refractivity contribution in [1.29, 1.82) is 0 Å². The largest absolute Gasteiger partial charge is 0.464 e. The second-order valence-corrected chi connectivity index (χ2v) is 5.58. The molecule has 0 fully saturated rings. The van der Waals surface area contributed by atoms with Crippen LogP contribution in [-0.4, -0.2) is 22.1 Å². The molecule has 0 bridgehead atoms. The van der Waals surface area contributed by atoms with E-state index in [4.69, 9.17) is 11.6 Å². The summed E-state index contributed by atoms with van der Waals surface area (Å²) in [6.45, 7) is 0. The van der Waals surface area contributed by atoms with Gasteiger partial charge in [0.15, 0.2) is 5.54 Å². The topological polar surface area (TPSA) is 110 Å². The van der Waals surface area contributed by atoms with Crippen LogP contribution in [0, 0.1) is 0 Å². The van der Waals surface area contributed by atoms with E-state index in [0.717, 1.165) is 5.56 Å². The molecule has 24 heavy (non-hydrogen) atoms. The lowest BCUT2D eigenvalue weighted by Gasteiger charge is -2.37. The van der Waals surface area contributed by atoms with Crippen LogP contribution in [-0.2, 0) is 16.8 Å². The summed E-state index contributed by atoms with van der Waals surface area (Å²) < 4.78 is 0. The minimum atomic E-state index is -1.60. The number of hydrazine groups is 1. The molecule has 0 aliphatic heterocycles. The number of hydrogen-bond acceptors (Lipinski definition) is 3. The molecule has 0 aliphatic rings. The maximum absolute atomic E-state index is 12.2. The van der Waals surface area contributed by atoms with E-state index in [0.29, 0.717) is 23.4 Å². The Morgan fingerprint density at radius 3 is 2.04 bits per heavy atom. The third-order valence-electron chi connectivity index (χ3n) is 4.12. The van der Waals surface area contributed by atoms with E-state index in [1.165, 1.54) is 0 Å². The Labute approximate surface area is 140 Å². The van der Waals surface area contributed by atoms with Crippen LogP contribution >= 0.6 is 0 Å². The second kappa shape index (κ2) is 7.61. The molecule has 0 radical (unpaired) electrons. The van der Waals surface area contributed by atoms with Gasteiger partial charge in [0.2, 0.25) is 5.91 Å². The van der Waals surface area contributed by atoms with Gasteiger partial charge >= 0.3 is 6.09 Å². The van der Waals surface area contributed by atoms with E-state index < -0.39 is 17.5 Å². The van der Waals surface area contributed by atoms with Crippen LogP contribution in [0.2, 0.25) is 0 Å². The quantitative estimate of drug-likeness (QED) is 0.411. The first-order valence-electron chi connectivity index (χ1n) is 7.65. The van der Waals surface area contributed by atoms with Crippen LogP contribution in [0.15, 0.2) is 60.7 Å². The van der Waals surface area contributed by atoms with Crippen molar-refractivity contribution in [2.24, 2.45) is 11.6 Å². The van der Waals surface area contributed by atoms with Crippen molar-refractivity contribution in [3.05, 3.63) is 71.8 Å². The Hall–Kier alpha value is -2.86. The average molecular weight is 327 g/mol. The van der Waals surface area contributed by atoms with Crippen LogP contribution < -0.4 is 11.6 Å². The molecule has 5 N–H and O–H groups in total. The van der Waals surface area contributed by atoms with Gasteiger partial charge in [0.05, 0.1) is 0 Å². The Kier molecular flexibility index (Phi) is 5.55. The fourth-order valence-corrected chi connectivity index (χ4v) is 2.86. The van der Waals surface area contributed by atoms with E-state index in [9.17, 15) is 14.7 Å². The van der Waals surface area contributed by atoms with Crippen molar-refractivity contribution < 1.29 is 14.7 Å². The van der Waals surface area contributed by atoms with Crippen molar-refractivity contribution >= 4 is 12.0 Å². The first-order chi connectivity index (χ1) is 11.5. The lowest BCUT2D eigenvalue weighted by atomic mass is 9.83. The van der Waals surface area contributed by atoms with Gasteiger partial charge in [-0.2, -0.15) is 0 Å². The second-order valence-electron chi connectivity index (χ2n) is 5.58. The van der Waals surface area contributed by atoms with Gasteiger partial charge in [-0.15, -0.1) is 0 Å². The maximum Gasteiger partial charge on any atom is 0.422 e. The van der Waals surface area contributed by atoms with Gasteiger partial charge in [-0.1, -0.05) is 60.7 Å². The van der Waals surface area contributed by atoms with Gasteiger partial charge in [-0.3, -0.25) is 4.79 Å². The number of carboxylic acid groups (broad SMARTS) is 1. The lowest BCUT2D eigenvalue weighted by Crippen LogP contribution is -2.60. The van der Waals surface area contributed by atoms with Crippen molar-refractivity contribution in [2.75, 3.05) is 0 Å². The third kappa shape index (κ3) is 3.55. The van der Waals surface area contributed by atoms with Crippen molar-refractivity contribution in [3.63, 3.8) is 0 Å². The van der Waals surface area contributed by atoms with Gasteiger partial charge in [-0.05, 0) is 30.4 Å². The molecule has 0 saturated heterocycles. The molecule has 2 amide bonds. The zero-order valence-electron chi connectivity index (χ0n) is 13.3. The lowest BCUT2D eigenvalue weighted by molar-refractivity contribution is -0.130. The number of carbonyl (C=O) groups is 2. The number of hydrogen-bond donors (Lipinski definition) is 3. The highest BCUT2D eigenvalue weighted by Crippen LogP contribution is 2.32. The summed E-state index contributed by atoms with van der Waals surface area (Å²) in [6, 6.07) is 18.3. The SMILES string of the molecule is NC(=O)C(CCCc1ccccc1)(c1ccccc1)N(N)C(=O)O. The minimum absolute atomic E-state index is 0.198. The number of benzene rings is 2. The number of aryl methyl sites for hydroxylation is 1. The standard InChI is InChI=1S/C18H21N3O3/c19-16(22)18(21(20)17(23)24,15-11-5-2-6-12-15)13-7-10-14-8-3-1-4-9-14/h1-6,8-9,11-12H,7,10,13,20H2,(H2,19,22)(H,23,24). The number of nitrogens with two attached hydrogens (primary N) is 2. The zero-order valence-corrected chi connectivity index (χ0v) is 13.3. The fraction of sp³-hybridized carbons (Fsp3) is 0.222. The number of carbonyl (C=O) groups excluding carboxylic acids is 1. The summed E-state index contributed by atoms with van der Waals surface area (Å²) in [6.07, 6.45) is 0.0422. The Bertz CT molecular complexity index is 691. The van der Waals surface area contributed by atoms with Gasteiger partial charge < -0.3 is 10.8 Å². The molecule has 0 saturated carbocycles. The van der Waals surface area contributed by atoms with Gasteiger partial charge in [-0.25, -0.2) is 15.6 Å². The predicted molar refractivity (Wildman–Crippen MR) is 90.7 cm³/mol. The highest BCUT2D eigenvalue weighted by atomic mass is 16.4. The monoisotopic (exact) mass is 327 g/mol. The summed E-state index contributed by atoms with van der Waals surface area (Å²) in [7, 11) is 0. The molecule has 0 spiro atoms. The first kappa shape index (κ1) is 17.5. The molecular formula is C18H21N3O3. The fourth-order valence-electron chi connectivity index (χ4n) is 2.86. The molecular weight excluding hydrogens is 306 g/mol. The molecule has 2 aromatic carbocycles. The molecule has 2 rings (SSSR count). The molecule has 1 unspecified atom stereocenters. The molecule has 0 heterocycles. The number of primary amides is 1. The van der Waals surface area contributed by atoms with E-state index in [1.807, 2.05) is 30.3 Å². The van der Waals surface area contributed by atoms with Gasteiger partial charge in [0.25, 0.3) is 0 Å². The Morgan fingerprint density at radius 2 is 1.54 bits per heavy atom. The van der Waals surface area contributed by atoms with Crippen LogP contribution in [0.4, 0.5) is 4.79 Å². The maximum atomic E-state index is 12.2. The van der Waals surface area contributed by atoms with Crippen LogP contribution in [0.25, 0.3) is 0 Å². The van der Waals surface area contributed by atoms with E-state index in [-0.39, 0.29) is 6.42 Å². The summed E-state index contributed by atoms with van der Waals surface area (Å²) in [4.78, 5) is 23.7. The van der Waals surface area contributed by atoms with Crippen molar-refractivity contribution in [1.82, 2.24) is 5.01 Å². The molecule has 6 nitrogen and oxygen atoms in total. The molecule has 2 aromatic rings. The smallest absolute Gasteiger partial charge is 0.422 e. The third-order valence-corrected chi connectivity index (χ3v) is 4.12. The van der Waals surface area contributed by atoms with Gasteiger partial charge in [0, 0.05) is 0 Å². The van der Waals surface area contributed by atoms with Gasteiger partial charge in [0.1, 0.15) is 0 Å². The molecule has 1 atom stereocenters. The van der Waals surface area contributed by atoms with Crippen molar-refractivity contribution in [3.8, 4) is 0 Å². The van der Waals surface area contributed by atoms with E-state index >= 15 is 0 Å². The first-order valence-corrected chi connectivity index (χ1v) is 7.65. The predicted octanol–water partition coefficient (Wildman–Crippen LogP) is 2.24. The molecule has 0 aromatic heterocycles. The average Bonchev–Trinajstić information content (AvgIpc) is 2.59. The summed E-state index contributed by atoms with van der Waals surface area (Å²) >= 11 is 0. The summed E-state index contributed by atoms with van der Waals surface area (Å²) in [5, 5.41) is 9.86. The van der Waals surface area contributed by atoms with Crippen LogP contribution in [0.1, 0.15) is 24.0 Å². The van der Waals surface area contributed by atoms with Crippen LogP contribution in [0.3, 0.4) is 0 Å². The highest BCUT2D eigenvalue weighted by Gasteiger charge is 2.45. The minimum Gasteiger partial charge on any atom is -0.464 e. The van der Waals surface area contributed by atoms with E-state index in [1.54, 1.807) is 30.3 Å². The summed E-state index contributed by atoms with van der Waals surface area (Å²) in [5.41, 5.74) is 5.57. The Morgan fingerprint density at radius 1 is 1.00 bits per heavy atom. The number of rotatable bonds is 7.